The lowest BCUT2D eigenvalue weighted by atomic mass is 9.45. The van der Waals surface area contributed by atoms with Crippen LogP contribution in [-0.2, 0) is 52.4 Å². The Kier molecular flexibility index (Phi) is 8.73. The number of nitrogens with zero attached hydrogens (tertiary/aromatic N) is 1. The Morgan fingerprint density at radius 2 is 1.65 bits per heavy atom. The summed E-state index contributed by atoms with van der Waals surface area (Å²) in [5, 5.41) is 36.9. The lowest BCUT2D eigenvalue weighted by Crippen LogP contribution is -2.88. The Hall–Kier alpha value is -3.99. The van der Waals surface area contributed by atoms with Crippen LogP contribution in [0, 0.1) is 17.3 Å². The number of Topliss-reactive ketones (excluding diaryl/α,β-unsaturated/α-hetero) is 1. The Balaban J connectivity index is 1.86. The van der Waals surface area contributed by atoms with E-state index in [1.165, 1.54) is 32.2 Å². The third-order valence-corrected chi connectivity index (χ3v) is 10.4. The lowest BCUT2D eigenvalue weighted by Gasteiger charge is -2.66. The number of ether oxygens (including phenoxy) is 6. The van der Waals surface area contributed by atoms with Gasteiger partial charge in [0.05, 0.1) is 29.2 Å². The number of pyridine rings is 1. The summed E-state index contributed by atoms with van der Waals surface area (Å²) < 4.78 is 34.7. The second-order valence-corrected chi connectivity index (χ2v) is 13.4. The second-order valence-electron chi connectivity index (χ2n) is 13.4. The summed E-state index contributed by atoms with van der Waals surface area (Å²) in [6, 6.07) is 2.90. The minimum atomic E-state index is -2.73. The molecule has 0 unspecified atom stereocenters. The first kappa shape index (κ1) is 35.3. The zero-order chi connectivity index (χ0) is 35.7. The number of fused-ring (bicyclic) bond motifs is 5. The molecule has 1 saturated heterocycles. The van der Waals surface area contributed by atoms with Crippen LogP contribution in [0.1, 0.15) is 70.4 Å². The number of carbonyl (C=O) groups is 6. The van der Waals surface area contributed by atoms with Crippen LogP contribution in [0.15, 0.2) is 18.3 Å². The highest BCUT2D eigenvalue weighted by molar-refractivity contribution is 5.93. The van der Waals surface area contributed by atoms with Crippen molar-refractivity contribution >= 4 is 35.6 Å². The molecule has 0 aromatic carbocycles. The summed E-state index contributed by atoms with van der Waals surface area (Å²) >= 11 is 0. The SMILES string of the molecule is CC(=O)OC[C@@]12[C@H](O)C(=O)[C@@H]3[C@@H](O)[C@@]14O[C@@]3(C)COC(=O)c1cccnc1[C@@H](C)[C@H](C)C(=O)O[C@@H]([C@H](OC(C)=O)[C@@H]2OC(C)=O)[C@]4(C)O. The van der Waals surface area contributed by atoms with E-state index in [4.69, 9.17) is 28.4 Å². The molecule has 2 saturated carbocycles. The number of aromatic nitrogens is 1. The van der Waals surface area contributed by atoms with E-state index in [1.807, 2.05) is 0 Å². The van der Waals surface area contributed by atoms with Crippen molar-refractivity contribution in [2.75, 3.05) is 13.2 Å². The van der Waals surface area contributed by atoms with E-state index in [0.717, 1.165) is 27.7 Å². The Morgan fingerprint density at radius 1 is 1.00 bits per heavy atom. The molecule has 262 valence electrons. The van der Waals surface area contributed by atoms with E-state index < -0.39 is 119 Å². The fourth-order valence-electron chi connectivity index (χ4n) is 8.11. The number of carbonyl (C=O) groups excluding carboxylic acids is 6. The quantitative estimate of drug-likeness (QED) is 0.270. The topological polar surface area (TPSA) is 231 Å². The molecule has 3 heterocycles. The van der Waals surface area contributed by atoms with Gasteiger partial charge in [-0.15, -0.1) is 0 Å². The van der Waals surface area contributed by atoms with Crippen LogP contribution in [0.2, 0.25) is 0 Å². The molecule has 2 aliphatic heterocycles. The maximum atomic E-state index is 14.2. The van der Waals surface area contributed by atoms with Gasteiger partial charge in [-0.05, 0) is 26.0 Å². The molecule has 3 fully saturated rings. The molecule has 3 N–H and O–H groups in total. The molecule has 4 bridgehead atoms. The number of hydrogen-bond donors (Lipinski definition) is 3. The number of aliphatic hydroxyl groups is 3. The minimum Gasteiger partial charge on any atom is -0.465 e. The van der Waals surface area contributed by atoms with Crippen molar-refractivity contribution in [2.45, 2.75) is 102 Å². The van der Waals surface area contributed by atoms with E-state index in [1.54, 1.807) is 6.92 Å². The van der Waals surface area contributed by atoms with Crippen molar-refractivity contribution in [1.82, 2.24) is 4.98 Å². The zero-order valence-corrected chi connectivity index (χ0v) is 27.5. The molecule has 12 atom stereocenters. The van der Waals surface area contributed by atoms with Gasteiger partial charge in [-0.3, -0.25) is 29.0 Å². The van der Waals surface area contributed by atoms with Crippen molar-refractivity contribution in [3.05, 3.63) is 29.6 Å². The molecule has 4 aliphatic rings. The average Bonchev–Trinajstić information content (AvgIpc) is 3.22. The first-order valence-electron chi connectivity index (χ1n) is 15.4. The zero-order valence-electron chi connectivity index (χ0n) is 27.5. The molecule has 1 spiro atoms. The molecular weight excluding hydrogens is 638 g/mol. The summed E-state index contributed by atoms with van der Waals surface area (Å²) in [6.45, 7) is 6.61. The van der Waals surface area contributed by atoms with E-state index >= 15 is 0 Å². The first-order valence-corrected chi connectivity index (χ1v) is 15.4. The van der Waals surface area contributed by atoms with Gasteiger partial charge in [0, 0.05) is 32.9 Å². The van der Waals surface area contributed by atoms with E-state index in [9.17, 15) is 44.1 Å². The molecule has 1 aromatic heterocycles. The third-order valence-electron chi connectivity index (χ3n) is 10.4. The highest BCUT2D eigenvalue weighted by atomic mass is 16.6. The molecular formula is C32H39NO15. The van der Waals surface area contributed by atoms with E-state index in [-0.39, 0.29) is 11.3 Å². The van der Waals surface area contributed by atoms with Gasteiger partial charge in [0.25, 0.3) is 0 Å². The monoisotopic (exact) mass is 677 g/mol. The van der Waals surface area contributed by atoms with E-state index in [2.05, 4.69) is 4.98 Å². The van der Waals surface area contributed by atoms with Crippen LogP contribution in [0.3, 0.4) is 0 Å². The van der Waals surface area contributed by atoms with Crippen LogP contribution < -0.4 is 0 Å². The smallest absolute Gasteiger partial charge is 0.340 e. The highest BCUT2D eigenvalue weighted by Crippen LogP contribution is 2.67. The standard InChI is InChI=1S/C32H39NO15/c1-13-14(2)27(40)47-25-22(45-16(4)35)26(46-17(5)36)31(12-43-15(3)34)24(39)21(37)19-23(38)32(31,30(25,7)42)48-29(19,6)11-44-28(41)18-9-8-10-33-20(13)18/h8-10,13-14,19,22-26,38-39,42H,11-12H2,1-7H3/t13-,14-,19+,22-,23+,24+,25-,26-,29-,30-,31-,32-/m0/s1. The fourth-order valence-corrected chi connectivity index (χ4v) is 8.11. The first-order chi connectivity index (χ1) is 22.3. The van der Waals surface area contributed by atoms with Crippen molar-refractivity contribution in [3.8, 4) is 0 Å². The number of aliphatic hydroxyl groups excluding tert-OH is 2. The van der Waals surface area contributed by atoms with Gasteiger partial charge in [0.2, 0.25) is 0 Å². The summed E-state index contributed by atoms with van der Waals surface area (Å²) in [5.41, 5.74) is -9.91. The number of hydrogen-bond acceptors (Lipinski definition) is 16. The van der Waals surface area contributed by atoms with Crippen LogP contribution in [0.25, 0.3) is 0 Å². The van der Waals surface area contributed by atoms with Crippen LogP contribution >= 0.6 is 0 Å². The third kappa shape index (κ3) is 4.82. The molecule has 0 amide bonds. The predicted octanol–water partition coefficient (Wildman–Crippen LogP) is -0.471. The number of rotatable bonds is 4. The Morgan fingerprint density at radius 3 is 2.25 bits per heavy atom. The summed E-state index contributed by atoms with van der Waals surface area (Å²) in [6.07, 6.45) is -9.08. The number of ketones is 1. The van der Waals surface area contributed by atoms with Crippen molar-refractivity contribution in [2.24, 2.45) is 17.3 Å². The van der Waals surface area contributed by atoms with Gasteiger partial charge in [-0.25, -0.2) is 4.79 Å². The van der Waals surface area contributed by atoms with Crippen molar-refractivity contribution in [1.29, 1.82) is 0 Å². The van der Waals surface area contributed by atoms with Crippen LogP contribution in [0.5, 0.6) is 0 Å². The van der Waals surface area contributed by atoms with Gasteiger partial charge >= 0.3 is 29.8 Å². The molecule has 48 heavy (non-hydrogen) atoms. The largest absolute Gasteiger partial charge is 0.465 e. The van der Waals surface area contributed by atoms with Gasteiger partial charge < -0.3 is 43.7 Å². The summed E-state index contributed by atoms with van der Waals surface area (Å²) in [7, 11) is 0. The average molecular weight is 678 g/mol. The molecule has 5 rings (SSSR count). The van der Waals surface area contributed by atoms with Crippen LogP contribution in [0.4, 0.5) is 0 Å². The highest BCUT2D eigenvalue weighted by Gasteiger charge is 2.89. The fraction of sp³-hybridized carbons (Fsp3) is 0.656. The van der Waals surface area contributed by atoms with E-state index in [0.29, 0.717) is 0 Å². The normalized spacial score (nSPS) is 42.1. The van der Waals surface area contributed by atoms with Gasteiger partial charge in [0.1, 0.15) is 41.5 Å². The van der Waals surface area contributed by atoms with Gasteiger partial charge in [-0.1, -0.05) is 13.8 Å². The maximum absolute atomic E-state index is 14.2. The number of cyclic esters (lactones) is 1. The molecule has 16 nitrogen and oxygen atoms in total. The minimum absolute atomic E-state index is 0.0135. The second kappa shape index (κ2) is 11.9. The van der Waals surface area contributed by atoms with Crippen molar-refractivity contribution in [3.63, 3.8) is 0 Å². The summed E-state index contributed by atoms with van der Waals surface area (Å²) in [5.74, 6) is -9.64. The Bertz CT molecular complexity index is 1560. The van der Waals surface area contributed by atoms with Crippen molar-refractivity contribution < 1.29 is 72.5 Å². The lowest BCUT2D eigenvalue weighted by molar-refractivity contribution is -0.376. The molecule has 16 heteroatoms. The molecule has 2 aliphatic carbocycles. The maximum Gasteiger partial charge on any atom is 0.340 e. The Labute approximate surface area is 275 Å². The molecule has 1 aromatic rings. The van der Waals surface area contributed by atoms with Gasteiger partial charge in [0.15, 0.2) is 24.1 Å². The number of esters is 5. The van der Waals surface area contributed by atoms with Gasteiger partial charge in [-0.2, -0.15) is 0 Å². The molecule has 0 radical (unpaired) electrons. The predicted molar refractivity (Wildman–Crippen MR) is 156 cm³/mol. The summed E-state index contributed by atoms with van der Waals surface area (Å²) in [4.78, 5) is 83.5. The van der Waals surface area contributed by atoms with Crippen LogP contribution in [-0.4, -0.2) is 116 Å².